The molecule has 0 aliphatic carbocycles. The Morgan fingerprint density at radius 3 is 2.74 bits per heavy atom. The molecule has 2 aromatic heterocycles. The standard InChI is InChI=1S/C15H9N3S/c1-2-6-13-11(4-1)14-12(8-16-9-18-14)10-5-3-7-17-15(10)19-13/h1-9H. The molecular weight excluding hydrogens is 254 g/mol. The minimum absolute atomic E-state index is 0.977. The average Bonchev–Trinajstić information content (AvgIpc) is 2.62. The van der Waals surface area contributed by atoms with E-state index in [2.05, 4.69) is 33.2 Å². The van der Waals surface area contributed by atoms with Gasteiger partial charge < -0.3 is 0 Å². The van der Waals surface area contributed by atoms with Gasteiger partial charge in [-0.15, -0.1) is 0 Å². The highest BCUT2D eigenvalue weighted by Gasteiger charge is 2.20. The SMILES string of the molecule is c1ccc2c(c1)Sc1ncccc1-c1cncnc1-2. The van der Waals surface area contributed by atoms with Crippen LogP contribution < -0.4 is 0 Å². The molecular formula is C15H9N3S. The zero-order valence-electron chi connectivity index (χ0n) is 9.95. The van der Waals surface area contributed by atoms with E-state index in [9.17, 15) is 0 Å². The number of benzene rings is 1. The first-order valence-corrected chi connectivity index (χ1v) is 6.78. The zero-order chi connectivity index (χ0) is 12.7. The van der Waals surface area contributed by atoms with Crippen molar-refractivity contribution >= 4 is 11.8 Å². The minimum Gasteiger partial charge on any atom is -0.249 e. The summed E-state index contributed by atoms with van der Waals surface area (Å²) in [6.45, 7) is 0. The first-order chi connectivity index (χ1) is 9.43. The molecule has 1 aromatic carbocycles. The molecule has 1 aliphatic rings. The van der Waals surface area contributed by atoms with Crippen molar-refractivity contribution in [3.05, 3.63) is 55.1 Å². The number of fused-ring (bicyclic) bond motifs is 5. The Bertz CT molecular complexity index is 706. The smallest absolute Gasteiger partial charge is 0.116 e. The van der Waals surface area contributed by atoms with E-state index in [1.54, 1.807) is 18.1 Å². The predicted octanol–water partition coefficient (Wildman–Crippen LogP) is 3.67. The second kappa shape index (κ2) is 4.17. The molecule has 0 amide bonds. The Balaban J connectivity index is 2.13. The summed E-state index contributed by atoms with van der Waals surface area (Å²) in [5, 5.41) is 1.00. The monoisotopic (exact) mass is 263 g/mol. The summed E-state index contributed by atoms with van der Waals surface area (Å²) in [7, 11) is 0. The van der Waals surface area contributed by atoms with Crippen LogP contribution in [0.2, 0.25) is 0 Å². The largest absolute Gasteiger partial charge is 0.249 e. The molecule has 3 aromatic rings. The number of rotatable bonds is 0. The van der Waals surface area contributed by atoms with Gasteiger partial charge in [0.05, 0.1) is 5.69 Å². The third kappa shape index (κ3) is 1.64. The second-order valence-corrected chi connectivity index (χ2v) is 5.27. The maximum atomic E-state index is 4.48. The van der Waals surface area contributed by atoms with Crippen molar-refractivity contribution in [1.29, 1.82) is 0 Å². The van der Waals surface area contributed by atoms with Gasteiger partial charge in [0, 0.05) is 34.0 Å². The van der Waals surface area contributed by atoms with E-state index in [0.29, 0.717) is 0 Å². The van der Waals surface area contributed by atoms with Crippen LogP contribution in [0.4, 0.5) is 0 Å². The summed E-state index contributed by atoms with van der Waals surface area (Å²) in [5.41, 5.74) is 4.26. The Labute approximate surface area is 114 Å². The molecule has 0 saturated carbocycles. The van der Waals surface area contributed by atoms with Crippen molar-refractivity contribution in [3.63, 3.8) is 0 Å². The molecule has 0 atom stereocenters. The van der Waals surface area contributed by atoms with Gasteiger partial charge >= 0.3 is 0 Å². The normalized spacial score (nSPS) is 12.0. The van der Waals surface area contributed by atoms with Crippen LogP contribution in [0, 0.1) is 0 Å². The zero-order valence-corrected chi connectivity index (χ0v) is 10.8. The molecule has 0 saturated heterocycles. The van der Waals surface area contributed by atoms with Crippen molar-refractivity contribution < 1.29 is 0 Å². The van der Waals surface area contributed by atoms with Crippen molar-refractivity contribution in [3.8, 4) is 22.4 Å². The highest BCUT2D eigenvalue weighted by Crippen LogP contribution is 2.45. The third-order valence-electron chi connectivity index (χ3n) is 3.12. The van der Waals surface area contributed by atoms with Gasteiger partial charge in [-0.1, -0.05) is 30.0 Å². The molecule has 0 fully saturated rings. The van der Waals surface area contributed by atoms with E-state index in [1.807, 2.05) is 30.6 Å². The lowest BCUT2D eigenvalue weighted by molar-refractivity contribution is 1.13. The maximum Gasteiger partial charge on any atom is 0.116 e. The topological polar surface area (TPSA) is 38.7 Å². The van der Waals surface area contributed by atoms with E-state index in [4.69, 9.17) is 0 Å². The van der Waals surface area contributed by atoms with Crippen molar-refractivity contribution in [2.24, 2.45) is 0 Å². The van der Waals surface area contributed by atoms with E-state index in [-0.39, 0.29) is 0 Å². The molecule has 1 aliphatic heterocycles. The maximum absolute atomic E-state index is 4.48. The van der Waals surface area contributed by atoms with Gasteiger partial charge in [-0.25, -0.2) is 15.0 Å². The molecule has 0 N–H and O–H groups in total. The first kappa shape index (κ1) is 10.7. The summed E-state index contributed by atoms with van der Waals surface area (Å²) in [4.78, 5) is 14.3. The van der Waals surface area contributed by atoms with Crippen molar-refractivity contribution in [1.82, 2.24) is 15.0 Å². The number of hydrogen-bond acceptors (Lipinski definition) is 4. The summed E-state index contributed by atoms with van der Waals surface area (Å²) in [6.07, 6.45) is 5.29. The molecule has 19 heavy (non-hydrogen) atoms. The lowest BCUT2D eigenvalue weighted by Gasteiger charge is -2.06. The Kier molecular flexibility index (Phi) is 2.35. The van der Waals surface area contributed by atoms with Gasteiger partial charge in [0.1, 0.15) is 11.4 Å². The first-order valence-electron chi connectivity index (χ1n) is 5.96. The highest BCUT2D eigenvalue weighted by atomic mass is 32.2. The van der Waals surface area contributed by atoms with Crippen LogP contribution in [-0.2, 0) is 0 Å². The summed E-state index contributed by atoms with van der Waals surface area (Å²) in [5.74, 6) is 0. The van der Waals surface area contributed by atoms with Crippen LogP contribution >= 0.6 is 11.8 Å². The number of pyridine rings is 1. The summed E-state index contributed by atoms with van der Waals surface area (Å²) >= 11 is 1.68. The van der Waals surface area contributed by atoms with Crippen LogP contribution in [0.1, 0.15) is 0 Å². The fourth-order valence-corrected chi connectivity index (χ4v) is 3.31. The average molecular weight is 263 g/mol. The van der Waals surface area contributed by atoms with Crippen molar-refractivity contribution in [2.75, 3.05) is 0 Å². The number of nitrogens with zero attached hydrogens (tertiary/aromatic N) is 3. The quantitative estimate of drug-likeness (QED) is 0.485. The third-order valence-corrected chi connectivity index (χ3v) is 4.22. The number of aromatic nitrogens is 3. The molecule has 0 bridgehead atoms. The van der Waals surface area contributed by atoms with Gasteiger partial charge in [0.25, 0.3) is 0 Å². The van der Waals surface area contributed by atoms with Gasteiger partial charge in [-0.2, -0.15) is 0 Å². The molecule has 0 radical (unpaired) electrons. The Morgan fingerprint density at radius 2 is 1.74 bits per heavy atom. The van der Waals surface area contributed by atoms with E-state index < -0.39 is 0 Å². The minimum atomic E-state index is 0.977. The molecule has 4 rings (SSSR count). The molecule has 0 spiro atoms. The lowest BCUT2D eigenvalue weighted by Crippen LogP contribution is -1.90. The van der Waals surface area contributed by atoms with E-state index >= 15 is 0 Å². The van der Waals surface area contributed by atoms with E-state index in [0.717, 1.165) is 27.4 Å². The van der Waals surface area contributed by atoms with Crippen LogP contribution in [0.15, 0.2) is 65.0 Å². The highest BCUT2D eigenvalue weighted by molar-refractivity contribution is 7.99. The van der Waals surface area contributed by atoms with Crippen LogP contribution in [-0.4, -0.2) is 15.0 Å². The summed E-state index contributed by atoms with van der Waals surface area (Å²) in [6, 6.07) is 12.3. The van der Waals surface area contributed by atoms with Crippen LogP contribution in [0.5, 0.6) is 0 Å². The van der Waals surface area contributed by atoms with Crippen molar-refractivity contribution in [2.45, 2.75) is 9.92 Å². The lowest BCUT2D eigenvalue weighted by atomic mass is 10.0. The number of hydrogen-bond donors (Lipinski definition) is 0. The Morgan fingerprint density at radius 1 is 0.842 bits per heavy atom. The fraction of sp³-hybridized carbons (Fsp3) is 0. The van der Waals surface area contributed by atoms with Crippen LogP contribution in [0.25, 0.3) is 22.4 Å². The van der Waals surface area contributed by atoms with Gasteiger partial charge in [-0.3, -0.25) is 0 Å². The molecule has 3 heterocycles. The second-order valence-electron chi connectivity index (χ2n) is 4.24. The molecule has 0 unspecified atom stereocenters. The molecule has 3 nitrogen and oxygen atoms in total. The van der Waals surface area contributed by atoms with Gasteiger partial charge in [0.15, 0.2) is 0 Å². The van der Waals surface area contributed by atoms with E-state index in [1.165, 1.54) is 4.90 Å². The molecule has 4 heteroatoms. The van der Waals surface area contributed by atoms with Crippen LogP contribution in [0.3, 0.4) is 0 Å². The van der Waals surface area contributed by atoms with Gasteiger partial charge in [-0.05, 0) is 18.2 Å². The molecule has 90 valence electrons. The summed E-state index contributed by atoms with van der Waals surface area (Å²) < 4.78 is 0. The van der Waals surface area contributed by atoms with Gasteiger partial charge in [0.2, 0.25) is 0 Å². The fourth-order valence-electron chi connectivity index (χ4n) is 2.27. The predicted molar refractivity (Wildman–Crippen MR) is 74.8 cm³/mol. The Hall–Kier alpha value is -2.20.